The van der Waals surface area contributed by atoms with Crippen LogP contribution in [-0.2, 0) is 14.8 Å². The molecular formula is C12H22N2O4S. The molecule has 2 atom stereocenters. The van der Waals surface area contributed by atoms with Crippen LogP contribution in [0, 0.1) is 0 Å². The van der Waals surface area contributed by atoms with Crippen molar-refractivity contribution in [3.63, 3.8) is 0 Å². The summed E-state index contributed by atoms with van der Waals surface area (Å²) >= 11 is 0. The van der Waals surface area contributed by atoms with Gasteiger partial charge in [0.15, 0.2) is 5.25 Å². The third kappa shape index (κ3) is 3.46. The molecule has 0 bridgehead atoms. The van der Waals surface area contributed by atoms with Gasteiger partial charge in [0.25, 0.3) is 0 Å². The predicted molar refractivity (Wildman–Crippen MR) is 71.4 cm³/mol. The number of carboxylic acid groups (broad SMARTS) is 1. The molecule has 1 saturated heterocycles. The minimum atomic E-state index is -3.74. The fourth-order valence-corrected chi connectivity index (χ4v) is 4.13. The number of aliphatic carboxylic acids is 1. The first-order chi connectivity index (χ1) is 8.93. The van der Waals surface area contributed by atoms with Gasteiger partial charge in [-0.2, -0.15) is 4.31 Å². The summed E-state index contributed by atoms with van der Waals surface area (Å²) in [7, 11) is -3.74. The first kappa shape index (κ1) is 14.7. The molecule has 0 aromatic carbocycles. The van der Waals surface area contributed by atoms with E-state index in [0.717, 1.165) is 38.6 Å². The van der Waals surface area contributed by atoms with Crippen LogP contribution in [0.1, 0.15) is 39.0 Å². The molecule has 7 heteroatoms. The Labute approximate surface area is 114 Å². The summed E-state index contributed by atoms with van der Waals surface area (Å²) in [4.78, 5) is 11.0. The molecule has 0 aromatic rings. The minimum absolute atomic E-state index is 0.00975. The Hall–Kier alpha value is -0.660. The highest BCUT2D eigenvalue weighted by molar-refractivity contribution is 7.90. The van der Waals surface area contributed by atoms with Crippen LogP contribution in [0.2, 0.25) is 0 Å². The maximum absolute atomic E-state index is 12.3. The van der Waals surface area contributed by atoms with Crippen molar-refractivity contribution < 1.29 is 18.3 Å². The first-order valence-corrected chi connectivity index (χ1v) is 8.40. The fourth-order valence-electron chi connectivity index (χ4n) is 2.45. The maximum atomic E-state index is 12.3. The first-order valence-electron chi connectivity index (χ1n) is 6.90. The van der Waals surface area contributed by atoms with E-state index in [9.17, 15) is 13.2 Å². The Morgan fingerprint density at radius 3 is 2.53 bits per heavy atom. The van der Waals surface area contributed by atoms with Gasteiger partial charge in [0, 0.05) is 18.6 Å². The number of piperidine rings is 1. The van der Waals surface area contributed by atoms with Crippen LogP contribution in [0.4, 0.5) is 0 Å². The number of nitrogens with zero attached hydrogens (tertiary/aromatic N) is 1. The second-order valence-electron chi connectivity index (χ2n) is 5.47. The molecule has 110 valence electrons. The Balaban J connectivity index is 2.08. The Morgan fingerprint density at radius 1 is 1.37 bits per heavy atom. The van der Waals surface area contributed by atoms with Crippen molar-refractivity contribution >= 4 is 16.0 Å². The van der Waals surface area contributed by atoms with E-state index in [1.54, 1.807) is 0 Å². The van der Waals surface area contributed by atoms with Gasteiger partial charge in [-0.05, 0) is 39.2 Å². The lowest BCUT2D eigenvalue weighted by molar-refractivity contribution is -0.136. The van der Waals surface area contributed by atoms with E-state index >= 15 is 0 Å². The molecule has 2 N–H and O–H groups in total. The second kappa shape index (κ2) is 5.76. The second-order valence-corrected chi connectivity index (χ2v) is 7.68. The normalized spacial score (nSPS) is 26.3. The van der Waals surface area contributed by atoms with Crippen LogP contribution in [0.5, 0.6) is 0 Å². The Kier molecular flexibility index (Phi) is 4.47. The van der Waals surface area contributed by atoms with Gasteiger partial charge in [-0.25, -0.2) is 8.42 Å². The van der Waals surface area contributed by atoms with E-state index in [4.69, 9.17) is 5.11 Å². The average molecular weight is 290 g/mol. The number of nitrogens with one attached hydrogen (secondary N) is 1. The minimum Gasteiger partial charge on any atom is -0.480 e. The highest BCUT2D eigenvalue weighted by Crippen LogP contribution is 2.31. The molecule has 19 heavy (non-hydrogen) atoms. The van der Waals surface area contributed by atoms with E-state index in [1.807, 2.05) is 0 Å². The highest BCUT2D eigenvalue weighted by atomic mass is 32.2. The van der Waals surface area contributed by atoms with Crippen LogP contribution in [0.25, 0.3) is 0 Å². The van der Waals surface area contributed by atoms with Crippen molar-refractivity contribution in [2.75, 3.05) is 13.1 Å². The summed E-state index contributed by atoms with van der Waals surface area (Å²) in [6, 6.07) is 0.167. The van der Waals surface area contributed by atoms with Gasteiger partial charge in [-0.15, -0.1) is 0 Å². The highest BCUT2D eigenvalue weighted by Gasteiger charge is 2.43. The molecule has 2 aliphatic rings. The van der Waals surface area contributed by atoms with E-state index < -0.39 is 21.2 Å². The zero-order valence-electron chi connectivity index (χ0n) is 11.2. The van der Waals surface area contributed by atoms with E-state index in [1.165, 1.54) is 11.2 Å². The summed E-state index contributed by atoms with van der Waals surface area (Å²) in [5, 5.41) is 10.9. The summed E-state index contributed by atoms with van der Waals surface area (Å²) < 4.78 is 26.1. The van der Waals surface area contributed by atoms with Gasteiger partial charge in [0.2, 0.25) is 10.0 Å². The van der Waals surface area contributed by atoms with E-state index in [0.29, 0.717) is 6.54 Å². The smallest absolute Gasteiger partial charge is 0.323 e. The third-order valence-corrected chi connectivity index (χ3v) is 6.08. The molecule has 2 unspecified atom stereocenters. The van der Waals surface area contributed by atoms with Crippen molar-refractivity contribution in [1.82, 2.24) is 9.62 Å². The molecule has 0 spiro atoms. The third-order valence-electron chi connectivity index (χ3n) is 3.89. The lowest BCUT2D eigenvalue weighted by Crippen LogP contribution is -2.50. The van der Waals surface area contributed by atoms with Gasteiger partial charge < -0.3 is 10.4 Å². The lowest BCUT2D eigenvalue weighted by Gasteiger charge is -2.31. The average Bonchev–Trinajstić information content (AvgIpc) is 3.20. The zero-order valence-corrected chi connectivity index (χ0v) is 12.0. The maximum Gasteiger partial charge on any atom is 0.323 e. The Bertz CT molecular complexity index is 427. The van der Waals surface area contributed by atoms with Gasteiger partial charge >= 0.3 is 5.97 Å². The van der Waals surface area contributed by atoms with Gasteiger partial charge in [-0.1, -0.05) is 6.42 Å². The van der Waals surface area contributed by atoms with E-state index in [2.05, 4.69) is 5.32 Å². The molecule has 1 aliphatic carbocycles. The molecule has 2 rings (SSSR count). The number of carbonyl (C=O) groups is 1. The van der Waals surface area contributed by atoms with Crippen LogP contribution in [0.3, 0.4) is 0 Å². The van der Waals surface area contributed by atoms with Gasteiger partial charge in [0.1, 0.15) is 0 Å². The monoisotopic (exact) mass is 290 g/mol. The fraction of sp³-hybridized carbons (Fsp3) is 0.917. The van der Waals surface area contributed by atoms with E-state index in [-0.39, 0.29) is 12.1 Å². The number of sulfonamides is 1. The molecular weight excluding hydrogens is 268 g/mol. The van der Waals surface area contributed by atoms with Crippen LogP contribution in [0.15, 0.2) is 0 Å². The molecule has 2 fully saturated rings. The van der Waals surface area contributed by atoms with Crippen molar-refractivity contribution in [2.24, 2.45) is 0 Å². The van der Waals surface area contributed by atoms with Crippen molar-refractivity contribution in [3.05, 3.63) is 0 Å². The quantitative estimate of drug-likeness (QED) is 0.739. The SMILES string of the molecule is CC(C(=O)O)S(=O)(=O)N(CC1CCCCN1)C1CC1. The summed E-state index contributed by atoms with van der Waals surface area (Å²) in [5.74, 6) is -1.28. The van der Waals surface area contributed by atoms with Crippen LogP contribution >= 0.6 is 0 Å². The standard InChI is InChI=1S/C12H22N2O4S/c1-9(12(15)16)19(17,18)14(11-5-6-11)8-10-4-2-3-7-13-10/h9-11,13H,2-8H2,1H3,(H,15,16). The summed E-state index contributed by atoms with van der Waals surface area (Å²) in [5.41, 5.74) is 0. The lowest BCUT2D eigenvalue weighted by atomic mass is 10.1. The Morgan fingerprint density at radius 2 is 2.05 bits per heavy atom. The summed E-state index contributed by atoms with van der Waals surface area (Å²) in [6.07, 6.45) is 4.87. The molecule has 1 heterocycles. The van der Waals surface area contributed by atoms with Crippen molar-refractivity contribution in [1.29, 1.82) is 0 Å². The number of carboxylic acids is 1. The van der Waals surface area contributed by atoms with Gasteiger partial charge in [0.05, 0.1) is 0 Å². The van der Waals surface area contributed by atoms with Crippen molar-refractivity contribution in [2.45, 2.75) is 56.4 Å². The molecule has 0 aromatic heterocycles. The molecule has 1 aliphatic heterocycles. The zero-order chi connectivity index (χ0) is 14.0. The van der Waals surface area contributed by atoms with Gasteiger partial charge in [-0.3, -0.25) is 4.79 Å². The number of hydrogen-bond donors (Lipinski definition) is 2. The molecule has 6 nitrogen and oxygen atoms in total. The molecule has 1 saturated carbocycles. The number of hydrogen-bond acceptors (Lipinski definition) is 4. The topological polar surface area (TPSA) is 86.7 Å². The summed E-state index contributed by atoms with van der Waals surface area (Å²) in [6.45, 7) is 2.57. The predicted octanol–water partition coefficient (Wildman–Crippen LogP) is 0.396. The molecule has 0 radical (unpaired) electrons. The van der Waals surface area contributed by atoms with Crippen LogP contribution < -0.4 is 5.32 Å². The van der Waals surface area contributed by atoms with Crippen LogP contribution in [-0.4, -0.2) is 54.2 Å². The largest absolute Gasteiger partial charge is 0.480 e. The molecule has 0 amide bonds. The van der Waals surface area contributed by atoms with Crippen molar-refractivity contribution in [3.8, 4) is 0 Å². The number of rotatable bonds is 6.